The van der Waals surface area contributed by atoms with E-state index in [9.17, 15) is 4.57 Å². The summed E-state index contributed by atoms with van der Waals surface area (Å²) < 4.78 is 13.3. The molecule has 0 amide bonds. The molecule has 0 saturated carbocycles. The van der Waals surface area contributed by atoms with Gasteiger partial charge in [-0.15, -0.1) is 0 Å². The van der Waals surface area contributed by atoms with E-state index in [0.717, 1.165) is 9.01 Å². The lowest BCUT2D eigenvalue weighted by atomic mass is 10.5. The highest BCUT2D eigenvalue weighted by atomic mass is 127. The number of hydrogen-bond acceptors (Lipinski definition) is 2. The number of pyridine rings is 1. The van der Waals surface area contributed by atoms with Crippen LogP contribution in [0.4, 0.5) is 0 Å². The van der Waals surface area contributed by atoms with Gasteiger partial charge in [-0.2, -0.15) is 0 Å². The Morgan fingerprint density at radius 1 is 1.50 bits per heavy atom. The number of nitrogens with zero attached hydrogens (tertiary/aromatic N) is 1. The van der Waals surface area contributed by atoms with Crippen LogP contribution < -0.4 is 5.30 Å². The highest BCUT2D eigenvalue weighted by molar-refractivity contribution is 14.1. The molecular formula is C7H8BrINOP. The Kier molecular flexibility index (Phi) is 3.34. The summed E-state index contributed by atoms with van der Waals surface area (Å²) in [6.07, 6.45) is 0. The second kappa shape index (κ2) is 3.76. The summed E-state index contributed by atoms with van der Waals surface area (Å²) in [5.41, 5.74) is 0. The SMILES string of the molecule is CP(C)(=O)c1ccc(I)nc1Br. The largest absolute Gasteiger partial charge is 0.319 e. The van der Waals surface area contributed by atoms with Gasteiger partial charge in [-0.05, 0) is 64.0 Å². The fourth-order valence-electron chi connectivity index (χ4n) is 0.806. The molecule has 0 aliphatic carbocycles. The Bertz CT molecular complexity index is 349. The Morgan fingerprint density at radius 3 is 2.50 bits per heavy atom. The molecule has 2 nitrogen and oxygen atoms in total. The molecule has 12 heavy (non-hydrogen) atoms. The summed E-state index contributed by atoms with van der Waals surface area (Å²) in [6.45, 7) is 3.48. The number of aromatic nitrogens is 1. The van der Waals surface area contributed by atoms with Gasteiger partial charge in [0.15, 0.2) is 0 Å². The zero-order valence-corrected chi connectivity index (χ0v) is 11.4. The summed E-state index contributed by atoms with van der Waals surface area (Å²) in [5.74, 6) is 0. The third kappa shape index (κ3) is 2.54. The molecule has 0 spiro atoms. The van der Waals surface area contributed by atoms with E-state index in [1.165, 1.54) is 0 Å². The van der Waals surface area contributed by atoms with Crippen LogP contribution in [-0.2, 0) is 4.57 Å². The maximum atomic E-state index is 11.7. The van der Waals surface area contributed by atoms with Crippen LogP contribution in [0.1, 0.15) is 0 Å². The number of hydrogen-bond donors (Lipinski definition) is 0. The summed E-state index contributed by atoms with van der Waals surface area (Å²) in [5, 5.41) is 0.808. The van der Waals surface area contributed by atoms with E-state index in [0.29, 0.717) is 4.60 Å². The fraction of sp³-hybridized carbons (Fsp3) is 0.286. The zero-order chi connectivity index (χ0) is 9.35. The van der Waals surface area contributed by atoms with Gasteiger partial charge in [0, 0.05) is 5.30 Å². The van der Waals surface area contributed by atoms with Crippen molar-refractivity contribution < 1.29 is 4.57 Å². The van der Waals surface area contributed by atoms with Crippen LogP contribution in [0.25, 0.3) is 0 Å². The van der Waals surface area contributed by atoms with Crippen LogP contribution in [0.15, 0.2) is 16.7 Å². The van der Waals surface area contributed by atoms with Gasteiger partial charge in [-0.1, -0.05) is 0 Å². The van der Waals surface area contributed by atoms with Gasteiger partial charge in [0.25, 0.3) is 0 Å². The van der Waals surface area contributed by atoms with Crippen molar-refractivity contribution in [2.45, 2.75) is 0 Å². The second-order valence-electron chi connectivity index (χ2n) is 2.79. The van der Waals surface area contributed by atoms with Crippen LogP contribution in [0, 0.1) is 3.70 Å². The van der Waals surface area contributed by atoms with Crippen molar-refractivity contribution in [2.75, 3.05) is 13.3 Å². The molecule has 0 fully saturated rings. The molecule has 1 rings (SSSR count). The molecule has 0 aromatic carbocycles. The summed E-state index contributed by atoms with van der Waals surface area (Å²) in [7, 11) is -2.19. The molecule has 66 valence electrons. The highest BCUT2D eigenvalue weighted by Crippen LogP contribution is 2.36. The second-order valence-corrected chi connectivity index (χ2v) is 7.83. The van der Waals surface area contributed by atoms with Crippen molar-refractivity contribution in [3.63, 3.8) is 0 Å². The van der Waals surface area contributed by atoms with E-state index < -0.39 is 7.14 Å². The predicted octanol–water partition coefficient (Wildman–Crippen LogP) is 2.70. The molecular weight excluding hydrogens is 352 g/mol. The third-order valence-corrected chi connectivity index (χ3v) is 4.41. The van der Waals surface area contributed by atoms with Crippen LogP contribution in [0.5, 0.6) is 0 Å². The lowest BCUT2D eigenvalue weighted by molar-refractivity contribution is 0.588. The van der Waals surface area contributed by atoms with Gasteiger partial charge in [-0.25, -0.2) is 4.98 Å². The normalized spacial score (nSPS) is 11.7. The van der Waals surface area contributed by atoms with Gasteiger partial charge >= 0.3 is 0 Å². The van der Waals surface area contributed by atoms with E-state index >= 15 is 0 Å². The van der Waals surface area contributed by atoms with E-state index in [1.54, 1.807) is 13.3 Å². The zero-order valence-electron chi connectivity index (χ0n) is 6.71. The molecule has 0 radical (unpaired) electrons. The molecule has 0 aliphatic heterocycles. The van der Waals surface area contributed by atoms with E-state index in [1.807, 2.05) is 12.1 Å². The van der Waals surface area contributed by atoms with Gasteiger partial charge in [0.1, 0.15) is 15.4 Å². The fourth-order valence-corrected chi connectivity index (χ4v) is 4.09. The average molecular weight is 360 g/mol. The topological polar surface area (TPSA) is 30.0 Å². The van der Waals surface area contributed by atoms with Crippen LogP contribution in [0.2, 0.25) is 0 Å². The number of rotatable bonds is 1. The predicted molar refractivity (Wildman–Crippen MR) is 63.7 cm³/mol. The smallest absolute Gasteiger partial charge is 0.118 e. The van der Waals surface area contributed by atoms with Gasteiger partial charge in [-0.3, -0.25) is 0 Å². The van der Waals surface area contributed by atoms with E-state index in [4.69, 9.17) is 0 Å². The summed E-state index contributed by atoms with van der Waals surface area (Å²) in [6, 6.07) is 3.72. The Balaban J connectivity index is 3.28. The quantitative estimate of drug-likeness (QED) is 0.438. The first kappa shape index (κ1) is 10.7. The minimum Gasteiger partial charge on any atom is -0.319 e. The van der Waals surface area contributed by atoms with Crippen molar-refractivity contribution in [1.82, 2.24) is 4.98 Å². The minimum absolute atomic E-state index is 0.697. The average Bonchev–Trinajstić information content (AvgIpc) is 1.83. The van der Waals surface area contributed by atoms with Crippen molar-refractivity contribution in [3.8, 4) is 0 Å². The van der Waals surface area contributed by atoms with Crippen molar-refractivity contribution in [1.29, 1.82) is 0 Å². The number of halogens is 2. The third-order valence-electron chi connectivity index (χ3n) is 1.38. The monoisotopic (exact) mass is 359 g/mol. The lowest BCUT2D eigenvalue weighted by Crippen LogP contribution is -2.07. The van der Waals surface area contributed by atoms with Crippen LogP contribution >= 0.6 is 45.7 Å². The first-order chi connectivity index (χ1) is 5.41. The Labute approximate surface area is 93.8 Å². The maximum Gasteiger partial charge on any atom is 0.118 e. The van der Waals surface area contributed by atoms with E-state index in [-0.39, 0.29) is 0 Å². The standard InChI is InChI=1S/C7H8BrINOP/c1-12(2,11)5-3-4-6(9)10-7(5)8/h3-4H,1-2H3. The summed E-state index contributed by atoms with van der Waals surface area (Å²) >= 11 is 5.41. The molecule has 1 heterocycles. The lowest BCUT2D eigenvalue weighted by Gasteiger charge is -2.07. The highest BCUT2D eigenvalue weighted by Gasteiger charge is 2.15. The molecule has 0 N–H and O–H groups in total. The van der Waals surface area contributed by atoms with Crippen LogP contribution in [-0.4, -0.2) is 18.3 Å². The Hall–Kier alpha value is 0.590. The molecule has 1 aromatic heterocycles. The van der Waals surface area contributed by atoms with E-state index in [2.05, 4.69) is 43.5 Å². The van der Waals surface area contributed by atoms with Crippen molar-refractivity contribution in [3.05, 3.63) is 20.4 Å². The molecule has 0 saturated heterocycles. The molecule has 0 atom stereocenters. The minimum atomic E-state index is -2.19. The molecule has 1 aromatic rings. The summed E-state index contributed by atoms with van der Waals surface area (Å²) in [4.78, 5) is 4.17. The van der Waals surface area contributed by atoms with Crippen molar-refractivity contribution >= 4 is 51.0 Å². The molecule has 0 aliphatic rings. The Morgan fingerprint density at radius 2 is 2.08 bits per heavy atom. The van der Waals surface area contributed by atoms with Crippen LogP contribution in [0.3, 0.4) is 0 Å². The molecule has 0 bridgehead atoms. The maximum absolute atomic E-state index is 11.7. The molecule has 0 unspecified atom stereocenters. The molecule has 5 heteroatoms. The van der Waals surface area contributed by atoms with Gasteiger partial charge in [0.2, 0.25) is 0 Å². The first-order valence-electron chi connectivity index (χ1n) is 3.29. The first-order valence-corrected chi connectivity index (χ1v) is 7.76. The van der Waals surface area contributed by atoms with Gasteiger partial charge in [0.05, 0.1) is 0 Å². The van der Waals surface area contributed by atoms with Gasteiger partial charge < -0.3 is 4.57 Å². The van der Waals surface area contributed by atoms with Crippen molar-refractivity contribution in [2.24, 2.45) is 0 Å².